The van der Waals surface area contributed by atoms with Crippen LogP contribution in [0.3, 0.4) is 0 Å². The van der Waals surface area contributed by atoms with Crippen LogP contribution in [0.5, 0.6) is 5.75 Å². The summed E-state index contributed by atoms with van der Waals surface area (Å²) in [5.41, 5.74) is 1.95. The predicted molar refractivity (Wildman–Crippen MR) is 151 cm³/mol. The van der Waals surface area contributed by atoms with E-state index >= 15 is 0 Å². The van der Waals surface area contributed by atoms with Gasteiger partial charge in [-0.15, -0.1) is 0 Å². The number of nitrogens with zero attached hydrogens (tertiary/aromatic N) is 3. The summed E-state index contributed by atoms with van der Waals surface area (Å²) in [6, 6.07) is 14.1. The number of aromatic nitrogens is 1. The topological polar surface area (TPSA) is 129 Å². The summed E-state index contributed by atoms with van der Waals surface area (Å²) < 4.78 is 34.1. The highest BCUT2D eigenvalue weighted by Crippen LogP contribution is 2.31. The van der Waals surface area contributed by atoms with E-state index in [1.807, 2.05) is 13.8 Å². The van der Waals surface area contributed by atoms with Gasteiger partial charge in [0.25, 0.3) is 11.8 Å². The summed E-state index contributed by atoms with van der Waals surface area (Å²) in [7, 11) is -2.29. The van der Waals surface area contributed by atoms with Gasteiger partial charge in [0, 0.05) is 43.2 Å². The van der Waals surface area contributed by atoms with E-state index in [1.165, 1.54) is 29.8 Å². The van der Waals surface area contributed by atoms with Crippen LogP contribution in [0.15, 0.2) is 71.9 Å². The third-order valence-corrected chi connectivity index (χ3v) is 8.87. The Morgan fingerprint density at radius 2 is 1.85 bits per heavy atom. The number of fused-ring (bicyclic) bond motifs is 1. The van der Waals surface area contributed by atoms with Crippen molar-refractivity contribution in [3.63, 3.8) is 0 Å². The van der Waals surface area contributed by atoms with Gasteiger partial charge in [-0.1, -0.05) is 24.6 Å². The molecule has 3 atom stereocenters. The van der Waals surface area contributed by atoms with E-state index in [-0.39, 0.29) is 53.6 Å². The predicted octanol–water partition coefficient (Wildman–Crippen LogP) is 3.18. The Bertz CT molecular complexity index is 1460. The average molecular weight is 567 g/mol. The van der Waals surface area contributed by atoms with E-state index in [4.69, 9.17) is 4.74 Å². The molecule has 0 saturated carbocycles. The first-order chi connectivity index (χ1) is 19.0. The highest BCUT2D eigenvalue weighted by Gasteiger charge is 2.35. The molecule has 11 heteroatoms. The Labute approximate surface area is 234 Å². The number of likely N-dealkylation sites (N-methyl/N-ethyl adjacent to an activating group) is 1. The van der Waals surface area contributed by atoms with Crippen molar-refractivity contribution in [3.8, 4) is 5.75 Å². The van der Waals surface area contributed by atoms with Crippen LogP contribution in [0.2, 0.25) is 0 Å². The van der Waals surface area contributed by atoms with E-state index in [1.54, 1.807) is 60.4 Å². The number of pyridine rings is 1. The van der Waals surface area contributed by atoms with Crippen LogP contribution in [0, 0.1) is 12.8 Å². The summed E-state index contributed by atoms with van der Waals surface area (Å²) >= 11 is 0. The van der Waals surface area contributed by atoms with Crippen molar-refractivity contribution in [2.24, 2.45) is 5.92 Å². The fraction of sp³-hybridized carbons (Fsp3) is 0.345. The number of aliphatic hydroxyl groups is 1. The van der Waals surface area contributed by atoms with Gasteiger partial charge in [-0.3, -0.25) is 14.6 Å². The monoisotopic (exact) mass is 566 g/mol. The van der Waals surface area contributed by atoms with Crippen LogP contribution in [-0.2, 0) is 10.0 Å². The maximum atomic E-state index is 13.7. The molecule has 0 saturated heterocycles. The largest absolute Gasteiger partial charge is 0.488 e. The number of amides is 2. The minimum Gasteiger partial charge on any atom is -0.488 e. The molecule has 10 nitrogen and oxygen atoms in total. The maximum Gasteiger partial charge on any atom is 0.258 e. The summed E-state index contributed by atoms with van der Waals surface area (Å²) in [6.07, 6.45) is 2.42. The van der Waals surface area contributed by atoms with Crippen LogP contribution in [0.4, 0.5) is 5.69 Å². The molecule has 2 aromatic carbocycles. The Morgan fingerprint density at radius 1 is 1.18 bits per heavy atom. The molecule has 2 heterocycles. The number of aliphatic hydroxyl groups excluding tert-OH is 1. The molecule has 0 bridgehead atoms. The lowest BCUT2D eigenvalue weighted by Crippen LogP contribution is -2.50. The van der Waals surface area contributed by atoms with Gasteiger partial charge < -0.3 is 20.1 Å². The summed E-state index contributed by atoms with van der Waals surface area (Å²) in [5.74, 6) is -0.730. The summed E-state index contributed by atoms with van der Waals surface area (Å²) in [6.45, 7) is 5.53. The highest BCUT2D eigenvalue weighted by atomic mass is 32.2. The van der Waals surface area contributed by atoms with Crippen LogP contribution >= 0.6 is 0 Å². The van der Waals surface area contributed by atoms with Crippen molar-refractivity contribution < 1.29 is 27.9 Å². The lowest BCUT2D eigenvalue weighted by atomic mass is 9.99. The lowest BCUT2D eigenvalue weighted by Gasteiger charge is -2.38. The van der Waals surface area contributed by atoms with Gasteiger partial charge in [0.15, 0.2) is 0 Å². The first kappa shape index (κ1) is 29.2. The Kier molecular flexibility index (Phi) is 8.87. The molecule has 1 aromatic heterocycles. The molecule has 0 aliphatic carbocycles. The molecule has 212 valence electrons. The number of rotatable bonds is 8. The van der Waals surface area contributed by atoms with Crippen LogP contribution in [-0.4, -0.2) is 78.4 Å². The number of anilines is 1. The molecular formula is C29H34N4O6S. The number of hydrogen-bond acceptors (Lipinski definition) is 7. The Morgan fingerprint density at radius 3 is 2.50 bits per heavy atom. The van der Waals surface area contributed by atoms with E-state index in [0.717, 1.165) is 5.56 Å². The smallest absolute Gasteiger partial charge is 0.258 e. The number of carbonyl (C=O) groups is 2. The Hall–Kier alpha value is -3.80. The normalized spacial score (nSPS) is 18.4. The molecule has 40 heavy (non-hydrogen) atoms. The first-order valence-corrected chi connectivity index (χ1v) is 14.4. The summed E-state index contributed by atoms with van der Waals surface area (Å²) in [5, 5.41) is 12.7. The zero-order valence-electron chi connectivity index (χ0n) is 22.9. The standard InChI is InChI=1S/C29H34N4O6S/c1-19-5-8-24(9-6-19)40(37,38)32(4)17-27-20(2)16-33(21(3)18-34)29(36)25-15-23(7-10-26(25)39-27)31-28(35)22-11-13-30-14-12-22/h5-15,20-21,27,34H,16-18H2,1-4H3,(H,31,35)/t20-,21-,27-/m0/s1. The van der Waals surface area contributed by atoms with Gasteiger partial charge in [-0.05, 0) is 56.3 Å². The fourth-order valence-corrected chi connectivity index (χ4v) is 5.65. The molecule has 0 fully saturated rings. The molecule has 2 amide bonds. The van der Waals surface area contributed by atoms with Crippen molar-refractivity contribution in [1.29, 1.82) is 0 Å². The molecule has 4 rings (SSSR count). The van der Waals surface area contributed by atoms with Crippen LogP contribution in [0.1, 0.15) is 40.1 Å². The highest BCUT2D eigenvalue weighted by molar-refractivity contribution is 7.89. The second kappa shape index (κ2) is 12.2. The first-order valence-electron chi connectivity index (χ1n) is 13.0. The molecule has 1 aliphatic rings. The number of aryl methyl sites for hydroxylation is 1. The number of sulfonamides is 1. The number of carbonyl (C=O) groups excluding carboxylic acids is 2. The van der Waals surface area contributed by atoms with Gasteiger partial charge in [-0.25, -0.2) is 8.42 Å². The van der Waals surface area contributed by atoms with Gasteiger partial charge >= 0.3 is 0 Å². The van der Waals surface area contributed by atoms with Gasteiger partial charge in [0.05, 0.1) is 29.7 Å². The van der Waals surface area contributed by atoms with Gasteiger partial charge in [0.2, 0.25) is 10.0 Å². The second-order valence-corrected chi connectivity index (χ2v) is 12.2. The number of ether oxygens (including phenoxy) is 1. The molecular weight excluding hydrogens is 532 g/mol. The average Bonchev–Trinajstić information content (AvgIpc) is 2.95. The third kappa shape index (κ3) is 6.33. The summed E-state index contributed by atoms with van der Waals surface area (Å²) in [4.78, 5) is 32.0. The van der Waals surface area contributed by atoms with Crippen molar-refractivity contribution in [2.45, 2.75) is 37.8 Å². The van der Waals surface area contributed by atoms with Gasteiger partial charge in [-0.2, -0.15) is 4.31 Å². The minimum atomic E-state index is -3.79. The zero-order chi connectivity index (χ0) is 29.0. The van der Waals surface area contributed by atoms with Crippen molar-refractivity contribution in [3.05, 3.63) is 83.7 Å². The zero-order valence-corrected chi connectivity index (χ0v) is 23.8. The second-order valence-electron chi connectivity index (χ2n) is 10.1. The maximum absolute atomic E-state index is 13.7. The molecule has 0 radical (unpaired) electrons. The molecule has 1 aliphatic heterocycles. The minimum absolute atomic E-state index is 0.0346. The molecule has 0 unspecified atom stereocenters. The quantitative estimate of drug-likeness (QED) is 0.428. The molecule has 3 aromatic rings. The Balaban J connectivity index is 1.65. The number of hydrogen-bond donors (Lipinski definition) is 2. The van der Waals surface area contributed by atoms with Crippen molar-refractivity contribution in [2.75, 3.05) is 32.1 Å². The van der Waals surface area contributed by atoms with E-state index in [2.05, 4.69) is 10.3 Å². The third-order valence-electron chi connectivity index (χ3n) is 7.03. The molecule has 2 N–H and O–H groups in total. The van der Waals surface area contributed by atoms with E-state index < -0.39 is 22.2 Å². The van der Waals surface area contributed by atoms with Crippen molar-refractivity contribution >= 4 is 27.5 Å². The van der Waals surface area contributed by atoms with Gasteiger partial charge in [0.1, 0.15) is 11.9 Å². The SMILES string of the molecule is Cc1ccc(S(=O)(=O)N(C)C[C@@H]2Oc3ccc(NC(=O)c4ccncc4)cc3C(=O)N([C@@H](C)CO)C[C@@H]2C)cc1. The number of benzene rings is 2. The van der Waals surface area contributed by atoms with E-state index in [9.17, 15) is 23.1 Å². The molecule has 0 spiro atoms. The lowest BCUT2D eigenvalue weighted by molar-refractivity contribution is 0.0387. The van der Waals surface area contributed by atoms with E-state index in [0.29, 0.717) is 11.3 Å². The fourth-order valence-electron chi connectivity index (χ4n) is 4.47. The van der Waals surface area contributed by atoms with Crippen LogP contribution < -0.4 is 10.1 Å². The van der Waals surface area contributed by atoms with Crippen LogP contribution in [0.25, 0.3) is 0 Å². The number of nitrogens with one attached hydrogen (secondary N) is 1. The van der Waals surface area contributed by atoms with Crippen molar-refractivity contribution in [1.82, 2.24) is 14.2 Å².